The molecule has 0 aromatic heterocycles. The molecule has 0 aromatic carbocycles. The van der Waals surface area contributed by atoms with E-state index in [1.807, 2.05) is 13.0 Å². The van der Waals surface area contributed by atoms with Crippen molar-refractivity contribution in [1.82, 2.24) is 5.32 Å². The Morgan fingerprint density at radius 3 is 3.00 bits per heavy atom. The van der Waals surface area contributed by atoms with Gasteiger partial charge in [-0.05, 0) is 6.42 Å². The van der Waals surface area contributed by atoms with Gasteiger partial charge < -0.3 is 11.1 Å². The van der Waals surface area contributed by atoms with E-state index in [1.54, 1.807) is 11.8 Å². The summed E-state index contributed by atoms with van der Waals surface area (Å²) in [4.78, 5) is 11.3. The standard InChI is InChI=1S/C10H20N2OS/c1-3-5-9(11)10(13)12-6-8-14-7-4-2/h4,9H,2-3,5-8,11H2,1H3,(H,12,13). The second kappa shape index (κ2) is 9.09. The highest BCUT2D eigenvalue weighted by Gasteiger charge is 2.10. The van der Waals surface area contributed by atoms with Gasteiger partial charge in [0, 0.05) is 18.1 Å². The minimum absolute atomic E-state index is 0.0361. The minimum Gasteiger partial charge on any atom is -0.354 e. The van der Waals surface area contributed by atoms with Gasteiger partial charge >= 0.3 is 0 Å². The van der Waals surface area contributed by atoms with E-state index in [9.17, 15) is 4.79 Å². The molecular formula is C10H20N2OS. The smallest absolute Gasteiger partial charge is 0.236 e. The lowest BCUT2D eigenvalue weighted by atomic mass is 10.2. The Hall–Kier alpha value is -0.480. The summed E-state index contributed by atoms with van der Waals surface area (Å²) in [7, 11) is 0. The van der Waals surface area contributed by atoms with Crippen LogP contribution in [0.3, 0.4) is 0 Å². The summed E-state index contributed by atoms with van der Waals surface area (Å²) >= 11 is 1.75. The Morgan fingerprint density at radius 2 is 2.43 bits per heavy atom. The fourth-order valence-corrected chi connectivity index (χ4v) is 1.57. The number of hydrogen-bond acceptors (Lipinski definition) is 3. The summed E-state index contributed by atoms with van der Waals surface area (Å²) in [5.41, 5.74) is 5.63. The molecule has 1 amide bonds. The molecule has 0 radical (unpaired) electrons. The first kappa shape index (κ1) is 13.5. The molecule has 0 spiro atoms. The molecule has 0 aliphatic carbocycles. The molecule has 0 aromatic rings. The number of amides is 1. The maximum Gasteiger partial charge on any atom is 0.236 e. The molecule has 0 rings (SSSR count). The highest BCUT2D eigenvalue weighted by atomic mass is 32.2. The van der Waals surface area contributed by atoms with Crippen LogP contribution in [0.15, 0.2) is 12.7 Å². The molecule has 0 fully saturated rings. The molecule has 1 atom stereocenters. The molecule has 3 nitrogen and oxygen atoms in total. The van der Waals surface area contributed by atoms with E-state index in [0.29, 0.717) is 6.54 Å². The molecule has 0 saturated heterocycles. The third kappa shape index (κ3) is 6.97. The van der Waals surface area contributed by atoms with Gasteiger partial charge in [-0.1, -0.05) is 19.4 Å². The molecule has 0 heterocycles. The van der Waals surface area contributed by atoms with Crippen LogP contribution in [-0.2, 0) is 4.79 Å². The summed E-state index contributed by atoms with van der Waals surface area (Å²) in [6.07, 6.45) is 3.56. The van der Waals surface area contributed by atoms with Crippen LogP contribution in [0.2, 0.25) is 0 Å². The van der Waals surface area contributed by atoms with Gasteiger partial charge in [-0.2, -0.15) is 11.8 Å². The number of carbonyl (C=O) groups excluding carboxylic acids is 1. The first-order valence-electron chi connectivity index (χ1n) is 4.94. The van der Waals surface area contributed by atoms with Gasteiger partial charge in [0.15, 0.2) is 0 Å². The fourth-order valence-electron chi connectivity index (χ4n) is 0.986. The van der Waals surface area contributed by atoms with Crippen LogP contribution in [0.25, 0.3) is 0 Å². The van der Waals surface area contributed by atoms with Crippen molar-refractivity contribution >= 4 is 17.7 Å². The zero-order chi connectivity index (χ0) is 10.8. The second-order valence-electron chi connectivity index (χ2n) is 3.05. The SMILES string of the molecule is C=CCSCCNC(=O)C(N)CCC. The van der Waals surface area contributed by atoms with Crippen LogP contribution >= 0.6 is 11.8 Å². The van der Waals surface area contributed by atoms with E-state index >= 15 is 0 Å². The van der Waals surface area contributed by atoms with E-state index in [0.717, 1.165) is 24.3 Å². The summed E-state index contributed by atoms with van der Waals surface area (Å²) in [6, 6.07) is -0.343. The molecule has 82 valence electrons. The third-order valence-corrected chi connectivity index (χ3v) is 2.68. The molecule has 1 unspecified atom stereocenters. The Kier molecular flexibility index (Phi) is 8.78. The molecule has 4 heteroatoms. The Labute approximate surface area is 90.5 Å². The van der Waals surface area contributed by atoms with Gasteiger partial charge in [-0.25, -0.2) is 0 Å². The lowest BCUT2D eigenvalue weighted by Gasteiger charge is -2.10. The largest absolute Gasteiger partial charge is 0.354 e. The van der Waals surface area contributed by atoms with E-state index < -0.39 is 0 Å². The van der Waals surface area contributed by atoms with Crippen LogP contribution in [0.1, 0.15) is 19.8 Å². The lowest BCUT2D eigenvalue weighted by molar-refractivity contribution is -0.122. The van der Waals surface area contributed by atoms with E-state index in [4.69, 9.17) is 5.73 Å². The number of thioether (sulfide) groups is 1. The molecular weight excluding hydrogens is 196 g/mol. The van der Waals surface area contributed by atoms with Crippen LogP contribution in [0, 0.1) is 0 Å². The predicted octanol–water partition coefficient (Wildman–Crippen LogP) is 1.15. The quantitative estimate of drug-likeness (QED) is 0.473. The van der Waals surface area contributed by atoms with Crippen molar-refractivity contribution in [2.75, 3.05) is 18.1 Å². The van der Waals surface area contributed by atoms with Gasteiger partial charge in [0.2, 0.25) is 5.91 Å². The molecule has 14 heavy (non-hydrogen) atoms. The van der Waals surface area contributed by atoms with Gasteiger partial charge in [0.1, 0.15) is 0 Å². The number of rotatable bonds is 8. The van der Waals surface area contributed by atoms with Crippen molar-refractivity contribution in [3.05, 3.63) is 12.7 Å². The maximum atomic E-state index is 11.3. The predicted molar refractivity (Wildman–Crippen MR) is 63.4 cm³/mol. The van der Waals surface area contributed by atoms with Gasteiger partial charge in [-0.3, -0.25) is 4.79 Å². The lowest BCUT2D eigenvalue weighted by Crippen LogP contribution is -2.41. The molecule has 3 N–H and O–H groups in total. The Bertz CT molecular complexity index is 174. The minimum atomic E-state index is -0.343. The van der Waals surface area contributed by atoms with Crippen LogP contribution < -0.4 is 11.1 Å². The van der Waals surface area contributed by atoms with Crippen molar-refractivity contribution in [2.45, 2.75) is 25.8 Å². The highest BCUT2D eigenvalue weighted by molar-refractivity contribution is 7.99. The van der Waals surface area contributed by atoms with Crippen molar-refractivity contribution in [2.24, 2.45) is 5.73 Å². The number of nitrogens with one attached hydrogen (secondary N) is 1. The second-order valence-corrected chi connectivity index (χ2v) is 4.20. The topological polar surface area (TPSA) is 55.1 Å². The zero-order valence-electron chi connectivity index (χ0n) is 8.79. The van der Waals surface area contributed by atoms with Gasteiger partial charge in [-0.15, -0.1) is 6.58 Å². The van der Waals surface area contributed by atoms with Gasteiger partial charge in [0.05, 0.1) is 6.04 Å². The first-order valence-corrected chi connectivity index (χ1v) is 6.09. The van der Waals surface area contributed by atoms with Crippen molar-refractivity contribution < 1.29 is 4.79 Å². The van der Waals surface area contributed by atoms with Crippen molar-refractivity contribution in [1.29, 1.82) is 0 Å². The normalized spacial score (nSPS) is 12.1. The van der Waals surface area contributed by atoms with E-state index in [1.165, 1.54) is 0 Å². The maximum absolute atomic E-state index is 11.3. The first-order chi connectivity index (χ1) is 6.72. The van der Waals surface area contributed by atoms with Crippen molar-refractivity contribution in [3.8, 4) is 0 Å². The average molecular weight is 216 g/mol. The summed E-state index contributed by atoms with van der Waals surface area (Å²) in [5.74, 6) is 1.80. The highest BCUT2D eigenvalue weighted by Crippen LogP contribution is 1.98. The Balaban J connectivity index is 3.38. The van der Waals surface area contributed by atoms with E-state index in [2.05, 4.69) is 11.9 Å². The van der Waals surface area contributed by atoms with Crippen LogP contribution in [0.4, 0.5) is 0 Å². The Morgan fingerprint density at radius 1 is 1.71 bits per heavy atom. The van der Waals surface area contributed by atoms with E-state index in [-0.39, 0.29) is 11.9 Å². The molecule has 0 aliphatic heterocycles. The molecule has 0 bridgehead atoms. The number of hydrogen-bond donors (Lipinski definition) is 2. The third-order valence-electron chi connectivity index (χ3n) is 1.72. The van der Waals surface area contributed by atoms with Crippen LogP contribution in [-0.4, -0.2) is 30.0 Å². The summed E-state index contributed by atoms with van der Waals surface area (Å²) in [5, 5.41) is 2.81. The number of nitrogens with two attached hydrogens (primary N) is 1. The van der Waals surface area contributed by atoms with Crippen LogP contribution in [0.5, 0.6) is 0 Å². The zero-order valence-corrected chi connectivity index (χ0v) is 9.61. The van der Waals surface area contributed by atoms with Gasteiger partial charge in [0.25, 0.3) is 0 Å². The van der Waals surface area contributed by atoms with Crippen molar-refractivity contribution in [3.63, 3.8) is 0 Å². The summed E-state index contributed by atoms with van der Waals surface area (Å²) < 4.78 is 0. The molecule has 0 aliphatic rings. The number of carbonyl (C=O) groups is 1. The molecule has 0 saturated carbocycles. The fraction of sp³-hybridized carbons (Fsp3) is 0.700. The monoisotopic (exact) mass is 216 g/mol. The average Bonchev–Trinajstić information content (AvgIpc) is 2.17. The summed E-state index contributed by atoms with van der Waals surface area (Å²) in [6.45, 7) is 6.33.